The molecular formula is C48H50N4O7. The molecule has 6 aromatic rings. The number of nitrogens with one attached hydrogen (secondary N) is 3. The van der Waals surface area contributed by atoms with Crippen molar-refractivity contribution in [3.63, 3.8) is 0 Å². The second kappa shape index (κ2) is 19.1. The number of phenols is 1. The minimum atomic E-state index is -2.01. The highest BCUT2D eigenvalue weighted by Gasteiger charge is 2.42. The van der Waals surface area contributed by atoms with Gasteiger partial charge in [-0.2, -0.15) is 0 Å². The number of amides is 1. The van der Waals surface area contributed by atoms with Crippen molar-refractivity contribution in [2.24, 2.45) is 5.92 Å². The van der Waals surface area contributed by atoms with E-state index in [4.69, 9.17) is 4.74 Å². The molecule has 7 rings (SSSR count). The molecule has 59 heavy (non-hydrogen) atoms. The lowest BCUT2D eigenvalue weighted by atomic mass is 9.85. The molecule has 2 atom stereocenters. The Hall–Kier alpha value is -6.11. The Bertz CT molecular complexity index is 2400. The van der Waals surface area contributed by atoms with E-state index in [1.807, 2.05) is 30.3 Å². The molecule has 0 spiro atoms. The maximum atomic E-state index is 13.8. The van der Waals surface area contributed by atoms with Crippen LogP contribution in [0.1, 0.15) is 62.7 Å². The Kier molecular flexibility index (Phi) is 13.3. The van der Waals surface area contributed by atoms with Gasteiger partial charge < -0.3 is 35.7 Å². The third-order valence-corrected chi connectivity index (χ3v) is 11.1. The first-order valence-corrected chi connectivity index (χ1v) is 20.1. The lowest BCUT2D eigenvalue weighted by Gasteiger charge is -2.33. The summed E-state index contributed by atoms with van der Waals surface area (Å²) in [5.41, 5.74) is 2.86. The number of rotatable bonds is 16. The number of aromatic hydroxyl groups is 1. The number of aromatic nitrogens is 1. The first-order chi connectivity index (χ1) is 28.7. The summed E-state index contributed by atoms with van der Waals surface area (Å²) in [6, 6.07) is 39.7. The summed E-state index contributed by atoms with van der Waals surface area (Å²) in [7, 11) is 0. The Morgan fingerprint density at radius 3 is 2.25 bits per heavy atom. The number of pyridine rings is 1. The molecule has 6 N–H and O–H groups in total. The average Bonchev–Trinajstić information content (AvgIpc) is 3.27. The van der Waals surface area contributed by atoms with E-state index in [0.717, 1.165) is 43.6 Å². The van der Waals surface area contributed by atoms with Crippen LogP contribution in [0.15, 0.2) is 138 Å². The fraction of sp³-hybridized carbons (Fsp3) is 0.271. The summed E-state index contributed by atoms with van der Waals surface area (Å²) >= 11 is 0. The fourth-order valence-corrected chi connectivity index (χ4v) is 7.69. The van der Waals surface area contributed by atoms with Gasteiger partial charge in [0, 0.05) is 43.2 Å². The van der Waals surface area contributed by atoms with Gasteiger partial charge in [0.2, 0.25) is 11.2 Å². The minimum Gasteiger partial charge on any atom is -0.506 e. The maximum absolute atomic E-state index is 13.8. The van der Waals surface area contributed by atoms with E-state index in [9.17, 15) is 29.7 Å². The van der Waals surface area contributed by atoms with Gasteiger partial charge in [0.1, 0.15) is 5.75 Å². The molecule has 0 aliphatic carbocycles. The maximum Gasteiger partial charge on any atom is 0.347 e. The Morgan fingerprint density at radius 1 is 0.814 bits per heavy atom. The van der Waals surface area contributed by atoms with E-state index in [1.54, 1.807) is 66.7 Å². The van der Waals surface area contributed by atoms with Crippen LogP contribution in [0.4, 0.5) is 0 Å². The van der Waals surface area contributed by atoms with Gasteiger partial charge in [-0.3, -0.25) is 14.5 Å². The van der Waals surface area contributed by atoms with Crippen LogP contribution in [-0.2, 0) is 34.6 Å². The van der Waals surface area contributed by atoms with Crippen molar-refractivity contribution in [3.05, 3.63) is 183 Å². The van der Waals surface area contributed by atoms with Crippen molar-refractivity contribution in [2.45, 2.75) is 44.1 Å². The highest BCUT2D eigenvalue weighted by molar-refractivity contribution is 5.94. The number of esters is 1. The zero-order valence-electron chi connectivity index (χ0n) is 32.8. The van der Waals surface area contributed by atoms with Crippen LogP contribution in [0.3, 0.4) is 0 Å². The van der Waals surface area contributed by atoms with Gasteiger partial charge >= 0.3 is 5.97 Å². The Morgan fingerprint density at radius 2 is 1.51 bits per heavy atom. The number of hydrogen-bond donors (Lipinski definition) is 6. The molecule has 1 amide bonds. The molecule has 0 bridgehead atoms. The van der Waals surface area contributed by atoms with Crippen LogP contribution in [0, 0.1) is 5.92 Å². The van der Waals surface area contributed by atoms with Crippen molar-refractivity contribution in [1.29, 1.82) is 0 Å². The van der Waals surface area contributed by atoms with Crippen molar-refractivity contribution < 1.29 is 29.6 Å². The van der Waals surface area contributed by atoms with E-state index in [-0.39, 0.29) is 41.8 Å². The number of ether oxygens (including phenoxy) is 1. The number of aromatic amines is 1. The zero-order chi connectivity index (χ0) is 41.2. The van der Waals surface area contributed by atoms with Gasteiger partial charge in [0.05, 0.1) is 18.2 Å². The summed E-state index contributed by atoms with van der Waals surface area (Å²) in [5.74, 6) is -0.797. The average molecular weight is 795 g/mol. The number of aliphatic hydroxyl groups excluding tert-OH is 1. The topological polar surface area (TPSA) is 164 Å². The van der Waals surface area contributed by atoms with Gasteiger partial charge in [-0.1, -0.05) is 103 Å². The molecule has 1 fully saturated rings. The van der Waals surface area contributed by atoms with Crippen LogP contribution >= 0.6 is 0 Å². The molecule has 2 heterocycles. The molecule has 304 valence electrons. The Labute approximate surface area is 343 Å². The third-order valence-electron chi connectivity index (χ3n) is 11.1. The van der Waals surface area contributed by atoms with Crippen molar-refractivity contribution in [3.8, 4) is 5.75 Å². The smallest absolute Gasteiger partial charge is 0.347 e. The standard InChI is InChI=1S/C48H50N4O7/c53-42-20-18-40(41-19-21-44(55)51-45(41)42)43(54)30-49-29-34-14-16-37(17-15-34)46(56)50-25-22-33-10-7-13-39(28-33)48(58,38-11-5-2-6-12-38)47(57)59-32-36-23-26-52(27-24-36)31-35-8-3-1-4-9-35/h1-21,28,36,43,49,53-54,58H,22-27,29-32H2,(H,50,56)(H,51,55). The summed E-state index contributed by atoms with van der Waals surface area (Å²) in [6.07, 6.45) is 1.40. The van der Waals surface area contributed by atoms with Gasteiger partial charge in [-0.05, 0) is 95.9 Å². The molecule has 2 unspecified atom stereocenters. The first-order valence-electron chi connectivity index (χ1n) is 20.1. The third kappa shape index (κ3) is 10.1. The number of aliphatic hydroxyl groups is 2. The first kappa shape index (κ1) is 41.1. The van der Waals surface area contributed by atoms with Crippen molar-refractivity contribution >= 4 is 22.8 Å². The van der Waals surface area contributed by atoms with E-state index < -0.39 is 17.7 Å². The quantitative estimate of drug-likeness (QED) is 0.0673. The molecular weight excluding hydrogens is 745 g/mol. The van der Waals surface area contributed by atoms with Gasteiger partial charge in [-0.25, -0.2) is 4.79 Å². The number of carbonyl (C=O) groups is 2. The van der Waals surface area contributed by atoms with Gasteiger partial charge in [0.15, 0.2) is 0 Å². The van der Waals surface area contributed by atoms with Crippen LogP contribution in [0.25, 0.3) is 10.9 Å². The highest BCUT2D eigenvalue weighted by Crippen LogP contribution is 2.33. The fourth-order valence-electron chi connectivity index (χ4n) is 7.69. The summed E-state index contributed by atoms with van der Waals surface area (Å²) in [5, 5.41) is 39.9. The lowest BCUT2D eigenvalue weighted by molar-refractivity contribution is -0.164. The number of hydrogen-bond acceptors (Lipinski definition) is 9. The highest BCUT2D eigenvalue weighted by atomic mass is 16.5. The SMILES string of the molecule is O=C(NCCc1cccc(C(O)(C(=O)OCC2CCN(Cc3ccccc3)CC2)c2ccccc2)c1)c1ccc(CNCC(O)c2ccc(O)c3[nH]c(=O)ccc23)cc1. The largest absolute Gasteiger partial charge is 0.506 e. The number of carbonyl (C=O) groups excluding carboxylic acids is 2. The van der Waals surface area contributed by atoms with Crippen molar-refractivity contribution in [1.82, 2.24) is 20.5 Å². The van der Waals surface area contributed by atoms with E-state index in [2.05, 4.69) is 44.8 Å². The molecule has 1 aromatic heterocycles. The Balaban J connectivity index is 0.900. The molecule has 0 radical (unpaired) electrons. The number of nitrogens with zero attached hydrogens (tertiary/aromatic N) is 1. The molecule has 5 aromatic carbocycles. The molecule has 1 aliphatic rings. The van der Waals surface area contributed by atoms with Gasteiger partial charge in [0.25, 0.3) is 5.91 Å². The predicted octanol–water partition coefficient (Wildman–Crippen LogP) is 5.72. The number of likely N-dealkylation sites (tertiary alicyclic amines) is 1. The molecule has 1 saturated heterocycles. The molecule has 11 heteroatoms. The normalized spacial score (nSPS) is 15.0. The molecule has 11 nitrogen and oxygen atoms in total. The summed E-state index contributed by atoms with van der Waals surface area (Å²) in [6.45, 7) is 3.98. The number of piperidine rings is 1. The van der Waals surface area contributed by atoms with E-state index >= 15 is 0 Å². The summed E-state index contributed by atoms with van der Waals surface area (Å²) in [4.78, 5) is 43.7. The van der Waals surface area contributed by atoms with E-state index in [1.165, 1.54) is 17.7 Å². The molecule has 1 aliphatic heterocycles. The monoisotopic (exact) mass is 794 g/mol. The minimum absolute atomic E-state index is 0.0669. The second-order valence-corrected chi connectivity index (χ2v) is 15.2. The zero-order valence-corrected chi connectivity index (χ0v) is 32.8. The summed E-state index contributed by atoms with van der Waals surface area (Å²) < 4.78 is 5.89. The second-order valence-electron chi connectivity index (χ2n) is 15.2. The van der Waals surface area contributed by atoms with E-state index in [0.29, 0.717) is 47.2 Å². The van der Waals surface area contributed by atoms with Crippen LogP contribution in [0.5, 0.6) is 5.75 Å². The van der Waals surface area contributed by atoms with Crippen LogP contribution < -0.4 is 16.2 Å². The number of benzene rings is 5. The predicted molar refractivity (Wildman–Crippen MR) is 227 cm³/mol. The van der Waals surface area contributed by atoms with Gasteiger partial charge in [-0.15, -0.1) is 0 Å². The van der Waals surface area contributed by atoms with Crippen LogP contribution in [0.2, 0.25) is 0 Å². The number of phenolic OH excluding ortho intramolecular Hbond substituents is 1. The van der Waals surface area contributed by atoms with Crippen molar-refractivity contribution in [2.75, 3.05) is 32.8 Å². The number of H-pyrrole nitrogens is 1. The molecule has 0 saturated carbocycles. The lowest BCUT2D eigenvalue weighted by Crippen LogP contribution is -2.40. The van der Waals surface area contributed by atoms with Crippen LogP contribution in [-0.4, -0.2) is 69.9 Å². The number of fused-ring (bicyclic) bond motifs is 1.